The molecule has 0 heterocycles. The number of hydrogen-bond acceptors (Lipinski definition) is 6. The van der Waals surface area contributed by atoms with Crippen molar-refractivity contribution in [2.45, 2.75) is 79.8 Å². The molecule has 0 amide bonds. The van der Waals surface area contributed by atoms with Crippen LogP contribution >= 0.6 is 0 Å². The summed E-state index contributed by atoms with van der Waals surface area (Å²) in [5.74, 6) is -0.268. The molecule has 0 aliphatic rings. The number of rotatable bonds is 22. The van der Waals surface area contributed by atoms with E-state index < -0.39 is 0 Å². The van der Waals surface area contributed by atoms with Gasteiger partial charge in [-0.05, 0) is 30.2 Å². The molecular weight excluding hydrogens is 481 g/mol. The Morgan fingerprint density at radius 1 is 0.559 bits per heavy atom. The van der Waals surface area contributed by atoms with Crippen LogP contribution in [0.3, 0.4) is 0 Å². The lowest BCUT2D eigenvalue weighted by Gasteiger charge is -2.36. The van der Waals surface area contributed by atoms with E-state index in [1.54, 1.807) is 42.7 Å². The second-order valence-electron chi connectivity index (χ2n) is 8.23. The van der Waals surface area contributed by atoms with Crippen molar-refractivity contribution < 1.29 is 28.4 Å². The van der Waals surface area contributed by atoms with Gasteiger partial charge in [0, 0.05) is 42.7 Å². The van der Waals surface area contributed by atoms with Crippen molar-refractivity contribution in [2.75, 3.05) is 42.7 Å². The maximum Gasteiger partial charge on any atom is 0.136 e. The summed E-state index contributed by atoms with van der Waals surface area (Å²) < 4.78 is 32.4. The second-order valence-corrected chi connectivity index (χ2v) is 12.4. The van der Waals surface area contributed by atoms with E-state index in [-0.39, 0.29) is 23.2 Å². The molecule has 34 heavy (non-hydrogen) atoms. The number of hydrogen-bond donors (Lipinski definition) is 0. The highest BCUT2D eigenvalue weighted by atomic mass is 28.2. The molecule has 6 nitrogen and oxygen atoms in total. The molecule has 1 aromatic carbocycles. The smallest absolute Gasteiger partial charge is 0.136 e. The molecule has 0 N–H and O–H groups in total. The van der Waals surface area contributed by atoms with Gasteiger partial charge in [0.15, 0.2) is 0 Å². The third-order valence-electron chi connectivity index (χ3n) is 6.10. The fourth-order valence-electron chi connectivity index (χ4n) is 4.33. The zero-order valence-electron chi connectivity index (χ0n) is 21.9. The molecule has 0 unspecified atom stereocenters. The zero-order chi connectivity index (χ0) is 25.1. The van der Waals surface area contributed by atoms with Crippen LogP contribution in [0.2, 0.25) is 18.1 Å². The van der Waals surface area contributed by atoms with Gasteiger partial charge in [-0.25, -0.2) is 0 Å². The Labute approximate surface area is 215 Å². The zero-order valence-corrected chi connectivity index (χ0v) is 24.9. The maximum atomic E-state index is 5.41. The number of methoxy groups -OCH3 is 6. The van der Waals surface area contributed by atoms with E-state index in [0.717, 1.165) is 18.1 Å². The van der Waals surface area contributed by atoms with Crippen molar-refractivity contribution in [3.63, 3.8) is 0 Å². The first kappa shape index (κ1) is 31.7. The van der Waals surface area contributed by atoms with E-state index in [1.165, 1.54) is 44.1 Å². The molecule has 1 rings (SSSR count). The van der Waals surface area contributed by atoms with E-state index in [2.05, 4.69) is 30.3 Å². The Morgan fingerprint density at radius 2 is 0.882 bits per heavy atom. The van der Waals surface area contributed by atoms with E-state index in [0.29, 0.717) is 28.6 Å². The molecule has 0 spiro atoms. The molecule has 9 heteroatoms. The fraction of sp³-hybridized carbons (Fsp3) is 0.760. The number of ether oxygens (including phenoxy) is 6. The lowest BCUT2D eigenvalue weighted by atomic mass is 9.70. The molecule has 0 bridgehead atoms. The molecule has 0 saturated heterocycles. The van der Waals surface area contributed by atoms with Gasteiger partial charge in [0.2, 0.25) is 0 Å². The van der Waals surface area contributed by atoms with Crippen LogP contribution in [0.25, 0.3) is 0 Å². The fourth-order valence-corrected chi connectivity index (χ4v) is 7.18. The van der Waals surface area contributed by atoms with Gasteiger partial charge in [0.1, 0.15) is 46.3 Å². The minimum absolute atomic E-state index is 0.0893. The third kappa shape index (κ3) is 12.0. The minimum atomic E-state index is -0.0893. The van der Waals surface area contributed by atoms with Crippen molar-refractivity contribution in [1.29, 1.82) is 0 Å². The van der Waals surface area contributed by atoms with Crippen LogP contribution < -0.4 is 0 Å². The Bertz CT molecular complexity index is 533. The van der Waals surface area contributed by atoms with Crippen molar-refractivity contribution in [3.8, 4) is 0 Å². The number of benzene rings is 1. The van der Waals surface area contributed by atoms with Crippen LogP contribution in [0.4, 0.5) is 0 Å². The molecule has 0 aliphatic carbocycles. The summed E-state index contributed by atoms with van der Waals surface area (Å²) in [7, 11) is 12.3. The van der Waals surface area contributed by atoms with Crippen LogP contribution in [0, 0.1) is 0 Å². The Morgan fingerprint density at radius 3 is 1.18 bits per heavy atom. The second kappa shape index (κ2) is 19.8. The first-order valence-corrected chi connectivity index (χ1v) is 15.9. The summed E-state index contributed by atoms with van der Waals surface area (Å²) in [5, 5.41) is 0. The Balaban J connectivity index is 2.89. The SMILES string of the molecule is COC(OC)[Si]CCCC(CCC[Si]C(OC)OC)(CCC[Si]C(OC)OC)c1ccccc1. The quantitative estimate of drug-likeness (QED) is 0.128. The van der Waals surface area contributed by atoms with Gasteiger partial charge < -0.3 is 28.4 Å². The normalized spacial score (nSPS) is 12.4. The van der Waals surface area contributed by atoms with Crippen LogP contribution in [-0.4, -0.2) is 89.0 Å². The van der Waals surface area contributed by atoms with Gasteiger partial charge in [-0.15, -0.1) is 0 Å². The summed E-state index contributed by atoms with van der Waals surface area (Å²) in [5.41, 5.74) is 1.63. The van der Waals surface area contributed by atoms with E-state index in [4.69, 9.17) is 28.4 Å². The van der Waals surface area contributed by atoms with Gasteiger partial charge in [0.05, 0.1) is 0 Å². The largest absolute Gasteiger partial charge is 0.360 e. The van der Waals surface area contributed by atoms with E-state index in [1.807, 2.05) is 0 Å². The molecule has 0 saturated carbocycles. The molecule has 192 valence electrons. The molecule has 0 fully saturated rings. The third-order valence-corrected chi connectivity index (χ3v) is 10.4. The molecule has 0 aliphatic heterocycles. The highest BCUT2D eigenvalue weighted by molar-refractivity contribution is 6.37. The molecule has 6 radical (unpaired) electrons. The summed E-state index contributed by atoms with van der Waals surface area (Å²) in [6.07, 6.45) is 7.01. The molecule has 0 aromatic heterocycles. The van der Waals surface area contributed by atoms with Crippen molar-refractivity contribution >= 4 is 28.6 Å². The molecule has 1 aromatic rings. The van der Waals surface area contributed by atoms with Crippen molar-refractivity contribution in [3.05, 3.63) is 35.9 Å². The van der Waals surface area contributed by atoms with Gasteiger partial charge in [-0.1, -0.05) is 67.7 Å². The van der Waals surface area contributed by atoms with Crippen molar-refractivity contribution in [1.82, 2.24) is 0 Å². The van der Waals surface area contributed by atoms with E-state index >= 15 is 0 Å². The van der Waals surface area contributed by atoms with Gasteiger partial charge in [-0.3, -0.25) is 0 Å². The average molecular weight is 525 g/mol. The summed E-state index contributed by atoms with van der Waals surface area (Å²) in [6.45, 7) is 0. The van der Waals surface area contributed by atoms with Crippen LogP contribution in [0.5, 0.6) is 0 Å². The standard InChI is InChI=1S/C25H44O6Si3/c1-26-22(27-2)32-18-10-15-25(21-13-8-7-9-14-21,16-11-19-33-23(28-3)29-4)17-12-20-34-24(30-5)31-6/h7-9,13-14,22-24H,10-12,15-20H2,1-6H3. The first-order chi connectivity index (χ1) is 16.6. The maximum absolute atomic E-state index is 5.41. The monoisotopic (exact) mass is 524 g/mol. The highest BCUT2D eigenvalue weighted by Gasteiger charge is 2.31. The van der Waals surface area contributed by atoms with Gasteiger partial charge in [-0.2, -0.15) is 0 Å². The molecule has 0 atom stereocenters. The van der Waals surface area contributed by atoms with E-state index in [9.17, 15) is 0 Å². The highest BCUT2D eigenvalue weighted by Crippen LogP contribution is 2.40. The van der Waals surface area contributed by atoms with Gasteiger partial charge in [0.25, 0.3) is 0 Å². The lowest BCUT2D eigenvalue weighted by molar-refractivity contribution is -0.0442. The Kier molecular flexibility index (Phi) is 18.4. The van der Waals surface area contributed by atoms with Crippen LogP contribution in [0.15, 0.2) is 30.3 Å². The van der Waals surface area contributed by atoms with Crippen LogP contribution in [0.1, 0.15) is 44.1 Å². The molecular formula is C25H44O6Si3. The summed E-state index contributed by atoms with van der Waals surface area (Å²) >= 11 is 0. The summed E-state index contributed by atoms with van der Waals surface area (Å²) in [6, 6.07) is 14.5. The minimum Gasteiger partial charge on any atom is -0.360 e. The summed E-state index contributed by atoms with van der Waals surface area (Å²) in [4.78, 5) is 0. The Hall–Kier alpha value is -0.369. The lowest BCUT2D eigenvalue weighted by Crippen LogP contribution is -2.29. The topological polar surface area (TPSA) is 55.4 Å². The van der Waals surface area contributed by atoms with Gasteiger partial charge >= 0.3 is 0 Å². The van der Waals surface area contributed by atoms with Crippen molar-refractivity contribution in [2.24, 2.45) is 0 Å². The average Bonchev–Trinajstić information content (AvgIpc) is 2.89. The first-order valence-electron chi connectivity index (χ1n) is 12.0. The predicted octanol–water partition coefficient (Wildman–Crippen LogP) is 4.36. The van der Waals surface area contributed by atoms with Crippen LogP contribution in [-0.2, 0) is 33.8 Å². The predicted molar refractivity (Wildman–Crippen MR) is 141 cm³/mol.